The monoisotopic (exact) mass is 275 g/mol. The largest absolute Gasteiger partial charge is 0.393 e. The highest BCUT2D eigenvalue weighted by Crippen LogP contribution is 2.23. The maximum Gasteiger partial charge on any atom is 0.214 e. The van der Waals surface area contributed by atoms with Crippen molar-refractivity contribution in [2.24, 2.45) is 0 Å². The van der Waals surface area contributed by atoms with E-state index in [0.29, 0.717) is 19.4 Å². The summed E-state index contributed by atoms with van der Waals surface area (Å²) < 4.78 is 27.4. The van der Waals surface area contributed by atoms with Crippen LogP contribution in [0.25, 0.3) is 0 Å². The fourth-order valence-electron chi connectivity index (χ4n) is 2.79. The molecule has 1 saturated carbocycles. The predicted octanol–water partition coefficient (Wildman–Crippen LogP) is 0.366. The van der Waals surface area contributed by atoms with Gasteiger partial charge in [-0.05, 0) is 32.1 Å². The number of sulfonamides is 1. The van der Waals surface area contributed by atoms with Gasteiger partial charge in [0.05, 0.1) is 11.4 Å². The van der Waals surface area contributed by atoms with Gasteiger partial charge in [-0.15, -0.1) is 0 Å². The number of piperidine rings is 1. The topological polar surface area (TPSA) is 80.5 Å². The third-order valence-corrected chi connectivity index (χ3v) is 5.80. The Hall–Kier alpha value is -0.170. The van der Waals surface area contributed by atoms with E-state index >= 15 is 0 Å². The third kappa shape index (κ3) is 3.91. The van der Waals surface area contributed by atoms with Crippen molar-refractivity contribution in [3.05, 3.63) is 0 Å². The maximum atomic E-state index is 12.3. The first-order chi connectivity index (χ1) is 8.58. The molecule has 0 aromatic carbocycles. The van der Waals surface area contributed by atoms with E-state index in [1.54, 1.807) is 0 Å². The number of nitrogens with one attached hydrogen (secondary N) is 1. The number of nitrogens with zero attached hydrogens (tertiary/aromatic N) is 1. The van der Waals surface area contributed by atoms with Gasteiger partial charge in [-0.25, -0.2) is 18.5 Å². The zero-order valence-corrected chi connectivity index (χ0v) is 11.5. The minimum absolute atomic E-state index is 0.0378. The van der Waals surface area contributed by atoms with Gasteiger partial charge in [-0.3, -0.25) is 0 Å². The molecule has 2 rings (SSSR count). The first-order valence-corrected chi connectivity index (χ1v) is 8.45. The lowest BCUT2D eigenvalue weighted by molar-refractivity contribution is 0.158. The summed E-state index contributed by atoms with van der Waals surface area (Å²) in [6.07, 6.45) is 4.94. The molecule has 0 amide bonds. The van der Waals surface area contributed by atoms with Crippen LogP contribution in [-0.4, -0.2) is 44.0 Å². The van der Waals surface area contributed by atoms with Gasteiger partial charge in [0.15, 0.2) is 0 Å². The van der Waals surface area contributed by atoms with E-state index in [1.807, 2.05) is 0 Å². The molecule has 105 valence electrons. The van der Waals surface area contributed by atoms with E-state index in [1.165, 1.54) is 0 Å². The van der Waals surface area contributed by atoms with Crippen LogP contribution in [0, 0.1) is 0 Å². The van der Waals surface area contributed by atoms with Gasteiger partial charge in [-0.2, -0.15) is 0 Å². The van der Waals surface area contributed by atoms with Crippen LogP contribution in [0.15, 0.2) is 0 Å². The molecule has 2 aliphatic rings. The summed E-state index contributed by atoms with van der Waals surface area (Å²) in [7, 11) is -3.31. The van der Waals surface area contributed by atoms with E-state index in [2.05, 4.69) is 10.0 Å². The molecule has 2 fully saturated rings. The Kier molecular flexibility index (Phi) is 5.00. The first-order valence-electron chi connectivity index (χ1n) is 6.90. The van der Waals surface area contributed by atoms with Crippen molar-refractivity contribution in [1.82, 2.24) is 10.0 Å². The molecule has 5 nitrogen and oxygen atoms in total. The second kappa shape index (κ2) is 6.32. The van der Waals surface area contributed by atoms with Gasteiger partial charge in [0, 0.05) is 19.1 Å². The second-order valence-corrected chi connectivity index (χ2v) is 7.42. The molecule has 1 radical (unpaired) electrons. The summed E-state index contributed by atoms with van der Waals surface area (Å²) in [6.45, 7) is 1.44. The molecule has 18 heavy (non-hydrogen) atoms. The van der Waals surface area contributed by atoms with Crippen LogP contribution in [0.2, 0.25) is 0 Å². The molecule has 0 aromatic rings. The van der Waals surface area contributed by atoms with Crippen LogP contribution >= 0.6 is 0 Å². The molecule has 0 bridgehead atoms. The second-order valence-electron chi connectivity index (χ2n) is 5.43. The Morgan fingerprint density at radius 2 is 1.89 bits per heavy atom. The summed E-state index contributed by atoms with van der Waals surface area (Å²) in [6, 6.07) is -0.0378. The van der Waals surface area contributed by atoms with E-state index in [4.69, 9.17) is 0 Å². The zero-order valence-electron chi connectivity index (χ0n) is 10.7. The smallest absolute Gasteiger partial charge is 0.214 e. The Morgan fingerprint density at radius 1 is 1.11 bits per heavy atom. The van der Waals surface area contributed by atoms with Crippen molar-refractivity contribution in [1.29, 1.82) is 0 Å². The Labute approximate surface area is 109 Å². The number of hydrogen-bond acceptors (Lipinski definition) is 3. The molecular weight excluding hydrogens is 252 g/mol. The van der Waals surface area contributed by atoms with Gasteiger partial charge < -0.3 is 5.11 Å². The molecular formula is C12H23N2O3S. The quantitative estimate of drug-likeness (QED) is 0.730. The van der Waals surface area contributed by atoms with Gasteiger partial charge in [-0.1, -0.05) is 12.8 Å². The molecule has 6 heteroatoms. The molecule has 3 atom stereocenters. The number of aliphatic hydroxyl groups is 1. The summed E-state index contributed by atoms with van der Waals surface area (Å²) >= 11 is 0. The number of rotatable bonds is 3. The van der Waals surface area contributed by atoms with Gasteiger partial charge in [0.1, 0.15) is 0 Å². The fourth-order valence-corrected chi connectivity index (χ4v) is 4.59. The van der Waals surface area contributed by atoms with E-state index in [9.17, 15) is 13.5 Å². The molecule has 2 N–H and O–H groups in total. The van der Waals surface area contributed by atoms with Gasteiger partial charge in [0.25, 0.3) is 0 Å². The van der Waals surface area contributed by atoms with Crippen molar-refractivity contribution in [3.8, 4) is 0 Å². The standard InChI is InChI=1S/C12H23N2O3S/c15-11-5-1-2-6-12(8-11)18(16,17)14-10-4-3-7-13-9-10/h10-12,14-15H,1-9H2. The van der Waals surface area contributed by atoms with Crippen LogP contribution in [0.5, 0.6) is 0 Å². The summed E-state index contributed by atoms with van der Waals surface area (Å²) in [5, 5.41) is 13.5. The normalized spacial score (nSPS) is 35.1. The van der Waals surface area contributed by atoms with Crippen molar-refractivity contribution < 1.29 is 13.5 Å². The van der Waals surface area contributed by atoms with Gasteiger partial charge in [0.2, 0.25) is 10.0 Å². The van der Waals surface area contributed by atoms with Crippen molar-refractivity contribution in [3.63, 3.8) is 0 Å². The fraction of sp³-hybridized carbons (Fsp3) is 1.00. The van der Waals surface area contributed by atoms with E-state index in [0.717, 1.165) is 38.6 Å². The minimum atomic E-state index is -3.31. The van der Waals surface area contributed by atoms with Crippen LogP contribution in [-0.2, 0) is 10.0 Å². The minimum Gasteiger partial charge on any atom is -0.393 e. The predicted molar refractivity (Wildman–Crippen MR) is 69.8 cm³/mol. The summed E-state index contributed by atoms with van der Waals surface area (Å²) in [4.78, 5) is 0. The first kappa shape index (κ1) is 14.2. The van der Waals surface area contributed by atoms with Crippen LogP contribution < -0.4 is 10.0 Å². The summed E-state index contributed by atoms with van der Waals surface area (Å²) in [5.74, 6) is 0. The lowest BCUT2D eigenvalue weighted by atomic mass is 10.1. The zero-order chi connectivity index (χ0) is 13.0. The molecule has 0 aromatic heterocycles. The lowest BCUT2D eigenvalue weighted by Gasteiger charge is -2.25. The SMILES string of the molecule is O=S(=O)(NC1CCC[N]C1)C1CCCCC(O)C1. The van der Waals surface area contributed by atoms with Crippen LogP contribution in [0.1, 0.15) is 44.9 Å². The summed E-state index contributed by atoms with van der Waals surface area (Å²) in [5.41, 5.74) is 0. The Morgan fingerprint density at radius 3 is 2.61 bits per heavy atom. The van der Waals surface area contributed by atoms with E-state index < -0.39 is 21.4 Å². The van der Waals surface area contributed by atoms with Crippen molar-refractivity contribution in [2.75, 3.05) is 13.1 Å². The van der Waals surface area contributed by atoms with Crippen molar-refractivity contribution >= 4 is 10.0 Å². The highest BCUT2D eigenvalue weighted by molar-refractivity contribution is 7.90. The third-order valence-electron chi connectivity index (χ3n) is 3.84. The van der Waals surface area contributed by atoms with Crippen LogP contribution in [0.4, 0.5) is 0 Å². The van der Waals surface area contributed by atoms with Gasteiger partial charge >= 0.3 is 0 Å². The Bertz CT molecular complexity index is 352. The molecule has 1 aliphatic heterocycles. The molecule has 0 spiro atoms. The highest BCUT2D eigenvalue weighted by atomic mass is 32.2. The molecule has 1 heterocycles. The molecule has 1 aliphatic carbocycles. The van der Waals surface area contributed by atoms with E-state index in [-0.39, 0.29) is 6.04 Å². The van der Waals surface area contributed by atoms with Crippen molar-refractivity contribution in [2.45, 2.75) is 62.3 Å². The molecule has 1 saturated heterocycles. The van der Waals surface area contributed by atoms with Crippen LogP contribution in [0.3, 0.4) is 0 Å². The molecule has 3 unspecified atom stereocenters. The maximum absolute atomic E-state index is 12.3. The lowest BCUT2D eigenvalue weighted by Crippen LogP contribution is -2.47. The highest BCUT2D eigenvalue weighted by Gasteiger charge is 2.31. The average Bonchev–Trinajstić information content (AvgIpc) is 2.55. The Balaban J connectivity index is 1.95. The average molecular weight is 275 g/mol. The number of aliphatic hydroxyl groups excluding tert-OH is 1. The number of hydrogen-bond donors (Lipinski definition) is 2.